The fourth-order valence-corrected chi connectivity index (χ4v) is 1.89. The van der Waals surface area contributed by atoms with E-state index in [1.807, 2.05) is 32.0 Å². The standard InChI is InChI=1S/C13H16BrNO/c1-4-7-15-9-11(3)16-13-6-5-10(2)8-12(13)14/h1,5-6,8,11,15H,7,9H2,2-3H3. The maximum atomic E-state index is 5.77. The van der Waals surface area contributed by atoms with Crippen LogP contribution in [0.5, 0.6) is 5.75 Å². The van der Waals surface area contributed by atoms with Crippen LogP contribution in [0.4, 0.5) is 0 Å². The average Bonchev–Trinajstić information content (AvgIpc) is 2.23. The zero-order valence-electron chi connectivity index (χ0n) is 9.59. The summed E-state index contributed by atoms with van der Waals surface area (Å²) in [4.78, 5) is 0. The predicted molar refractivity (Wildman–Crippen MR) is 70.7 cm³/mol. The van der Waals surface area contributed by atoms with Crippen molar-refractivity contribution in [2.75, 3.05) is 13.1 Å². The summed E-state index contributed by atoms with van der Waals surface area (Å²) in [5.41, 5.74) is 1.21. The number of halogens is 1. The van der Waals surface area contributed by atoms with Crippen molar-refractivity contribution in [1.82, 2.24) is 5.32 Å². The lowest BCUT2D eigenvalue weighted by molar-refractivity contribution is 0.218. The number of benzene rings is 1. The van der Waals surface area contributed by atoms with Gasteiger partial charge in [0, 0.05) is 6.54 Å². The summed E-state index contributed by atoms with van der Waals surface area (Å²) >= 11 is 3.48. The Bertz CT molecular complexity index is 384. The fourth-order valence-electron chi connectivity index (χ4n) is 1.31. The van der Waals surface area contributed by atoms with Crippen LogP contribution in [0, 0.1) is 19.3 Å². The minimum absolute atomic E-state index is 0.0901. The molecule has 1 atom stereocenters. The molecule has 0 heterocycles. The number of terminal acetylenes is 1. The van der Waals surface area contributed by atoms with Gasteiger partial charge >= 0.3 is 0 Å². The van der Waals surface area contributed by atoms with Gasteiger partial charge in [0.1, 0.15) is 11.9 Å². The first-order chi connectivity index (χ1) is 7.63. The second kappa shape index (κ2) is 6.57. The maximum Gasteiger partial charge on any atom is 0.133 e. The van der Waals surface area contributed by atoms with Gasteiger partial charge in [-0.1, -0.05) is 12.0 Å². The Morgan fingerprint density at radius 3 is 2.94 bits per heavy atom. The number of hydrogen-bond acceptors (Lipinski definition) is 2. The highest BCUT2D eigenvalue weighted by Crippen LogP contribution is 2.26. The first kappa shape index (κ1) is 13.1. The number of ether oxygens (including phenoxy) is 1. The van der Waals surface area contributed by atoms with Crippen LogP contribution in [0.1, 0.15) is 12.5 Å². The topological polar surface area (TPSA) is 21.3 Å². The monoisotopic (exact) mass is 281 g/mol. The Morgan fingerprint density at radius 2 is 2.31 bits per heavy atom. The van der Waals surface area contributed by atoms with Crippen molar-refractivity contribution >= 4 is 15.9 Å². The molecule has 86 valence electrons. The quantitative estimate of drug-likeness (QED) is 0.662. The largest absolute Gasteiger partial charge is 0.488 e. The molecule has 0 fully saturated rings. The molecule has 0 amide bonds. The molecule has 2 nitrogen and oxygen atoms in total. The van der Waals surface area contributed by atoms with Crippen molar-refractivity contribution in [3.05, 3.63) is 28.2 Å². The third-order valence-electron chi connectivity index (χ3n) is 2.07. The average molecular weight is 282 g/mol. The molecule has 0 aliphatic carbocycles. The molecule has 0 aliphatic rings. The molecule has 16 heavy (non-hydrogen) atoms. The third-order valence-corrected chi connectivity index (χ3v) is 2.69. The van der Waals surface area contributed by atoms with E-state index in [9.17, 15) is 0 Å². The van der Waals surface area contributed by atoms with Crippen molar-refractivity contribution in [3.8, 4) is 18.1 Å². The molecule has 0 saturated carbocycles. The molecule has 0 spiro atoms. The molecule has 0 saturated heterocycles. The van der Waals surface area contributed by atoms with Gasteiger partial charge in [-0.3, -0.25) is 0 Å². The molecular weight excluding hydrogens is 266 g/mol. The van der Waals surface area contributed by atoms with Crippen LogP contribution in [0.25, 0.3) is 0 Å². The van der Waals surface area contributed by atoms with E-state index in [0.717, 1.165) is 16.8 Å². The van der Waals surface area contributed by atoms with Crippen molar-refractivity contribution in [2.24, 2.45) is 0 Å². The van der Waals surface area contributed by atoms with E-state index in [1.54, 1.807) is 0 Å². The highest BCUT2D eigenvalue weighted by molar-refractivity contribution is 9.10. The minimum atomic E-state index is 0.0901. The zero-order chi connectivity index (χ0) is 12.0. The fraction of sp³-hybridized carbons (Fsp3) is 0.385. The summed E-state index contributed by atoms with van der Waals surface area (Å²) < 4.78 is 6.75. The van der Waals surface area contributed by atoms with Crippen molar-refractivity contribution in [1.29, 1.82) is 0 Å². The molecule has 1 aromatic carbocycles. The van der Waals surface area contributed by atoms with E-state index in [4.69, 9.17) is 11.2 Å². The molecular formula is C13H16BrNO. The molecule has 1 aromatic rings. The Labute approximate surface area is 106 Å². The highest BCUT2D eigenvalue weighted by Gasteiger charge is 2.06. The summed E-state index contributed by atoms with van der Waals surface area (Å²) in [5, 5.41) is 3.11. The van der Waals surface area contributed by atoms with Gasteiger partial charge < -0.3 is 10.1 Å². The van der Waals surface area contributed by atoms with E-state index >= 15 is 0 Å². The van der Waals surface area contributed by atoms with Crippen molar-refractivity contribution in [3.63, 3.8) is 0 Å². The van der Waals surface area contributed by atoms with Gasteiger partial charge in [0.2, 0.25) is 0 Å². The lowest BCUT2D eigenvalue weighted by Gasteiger charge is -2.16. The molecule has 0 bridgehead atoms. The summed E-state index contributed by atoms with van der Waals surface area (Å²) in [6.07, 6.45) is 5.24. The molecule has 3 heteroatoms. The first-order valence-electron chi connectivity index (χ1n) is 5.20. The van der Waals surface area contributed by atoms with Crippen LogP contribution in [0.15, 0.2) is 22.7 Å². The van der Waals surface area contributed by atoms with Gasteiger partial charge in [-0.15, -0.1) is 6.42 Å². The minimum Gasteiger partial charge on any atom is -0.488 e. The maximum absolute atomic E-state index is 5.77. The van der Waals surface area contributed by atoms with Crippen LogP contribution in [0.2, 0.25) is 0 Å². The Morgan fingerprint density at radius 1 is 1.56 bits per heavy atom. The summed E-state index contributed by atoms with van der Waals surface area (Å²) in [6.45, 7) is 5.37. The summed E-state index contributed by atoms with van der Waals surface area (Å²) in [5.74, 6) is 3.39. The molecule has 0 aliphatic heterocycles. The van der Waals surface area contributed by atoms with Crippen LogP contribution in [-0.4, -0.2) is 19.2 Å². The highest BCUT2D eigenvalue weighted by atomic mass is 79.9. The molecule has 0 aromatic heterocycles. The molecule has 1 rings (SSSR count). The summed E-state index contributed by atoms with van der Waals surface area (Å²) in [7, 11) is 0. The van der Waals surface area contributed by atoms with Crippen LogP contribution in [-0.2, 0) is 0 Å². The normalized spacial score (nSPS) is 11.9. The van der Waals surface area contributed by atoms with E-state index in [1.165, 1.54) is 5.56 Å². The van der Waals surface area contributed by atoms with Crippen molar-refractivity contribution < 1.29 is 4.74 Å². The predicted octanol–water partition coefficient (Wildman–Crippen LogP) is 2.75. The lowest BCUT2D eigenvalue weighted by Crippen LogP contribution is -2.29. The number of hydrogen-bond donors (Lipinski definition) is 1. The molecule has 1 N–H and O–H groups in total. The van der Waals surface area contributed by atoms with Gasteiger partial charge in [-0.05, 0) is 47.5 Å². The first-order valence-corrected chi connectivity index (χ1v) is 5.99. The van der Waals surface area contributed by atoms with E-state index in [-0.39, 0.29) is 6.10 Å². The lowest BCUT2D eigenvalue weighted by atomic mass is 10.2. The van der Waals surface area contributed by atoms with Gasteiger partial charge in [0.05, 0.1) is 11.0 Å². The third kappa shape index (κ3) is 4.26. The number of aryl methyl sites for hydroxylation is 1. The number of nitrogens with one attached hydrogen (secondary N) is 1. The van der Waals surface area contributed by atoms with Gasteiger partial charge in [-0.25, -0.2) is 0 Å². The Balaban J connectivity index is 2.50. The van der Waals surface area contributed by atoms with Crippen molar-refractivity contribution in [2.45, 2.75) is 20.0 Å². The van der Waals surface area contributed by atoms with Crippen LogP contribution in [0.3, 0.4) is 0 Å². The van der Waals surface area contributed by atoms with Crippen LogP contribution >= 0.6 is 15.9 Å². The van der Waals surface area contributed by atoms with Gasteiger partial charge in [0.25, 0.3) is 0 Å². The second-order valence-electron chi connectivity index (χ2n) is 3.70. The van der Waals surface area contributed by atoms with Crippen LogP contribution < -0.4 is 10.1 Å². The second-order valence-corrected chi connectivity index (χ2v) is 4.55. The smallest absolute Gasteiger partial charge is 0.133 e. The summed E-state index contributed by atoms with van der Waals surface area (Å²) in [6, 6.07) is 6.04. The number of rotatable bonds is 5. The van der Waals surface area contributed by atoms with E-state index in [0.29, 0.717) is 6.54 Å². The SMILES string of the molecule is C#CCNCC(C)Oc1ccc(C)cc1Br. The Hall–Kier alpha value is -0.980. The Kier molecular flexibility index (Phi) is 5.37. The van der Waals surface area contributed by atoms with E-state index < -0.39 is 0 Å². The van der Waals surface area contributed by atoms with Gasteiger partial charge in [0.15, 0.2) is 0 Å². The molecule has 0 radical (unpaired) electrons. The van der Waals surface area contributed by atoms with Gasteiger partial charge in [-0.2, -0.15) is 0 Å². The zero-order valence-corrected chi connectivity index (χ0v) is 11.2. The van der Waals surface area contributed by atoms with E-state index in [2.05, 4.69) is 27.2 Å². The molecule has 1 unspecified atom stereocenters.